The summed E-state index contributed by atoms with van der Waals surface area (Å²) < 4.78 is 6.14. The van der Waals surface area contributed by atoms with Crippen molar-refractivity contribution in [1.82, 2.24) is 9.88 Å². The number of rotatable bonds is 1. The minimum atomic E-state index is 0.0887. The predicted octanol–water partition coefficient (Wildman–Crippen LogP) is 3.80. The van der Waals surface area contributed by atoms with Crippen molar-refractivity contribution in [2.24, 2.45) is 0 Å². The normalized spacial score (nSPS) is 24.4. The van der Waals surface area contributed by atoms with Gasteiger partial charge in [0.15, 0.2) is 0 Å². The monoisotopic (exact) mass is 290 g/mol. The molecule has 2 aliphatic heterocycles. The minimum Gasteiger partial charge on any atom is -0.357 e. The lowest BCUT2D eigenvalue weighted by molar-refractivity contribution is 0.0279. The van der Waals surface area contributed by atoms with Crippen molar-refractivity contribution < 1.29 is 4.74 Å². The second-order valence-electron chi connectivity index (χ2n) is 6.16. The fourth-order valence-corrected chi connectivity index (χ4v) is 3.98. The Labute approximate surface area is 129 Å². The van der Waals surface area contributed by atoms with Crippen molar-refractivity contribution in [3.8, 4) is 0 Å². The summed E-state index contributed by atoms with van der Waals surface area (Å²) in [6.07, 6.45) is 1.17. The van der Waals surface area contributed by atoms with Gasteiger partial charge in [0.1, 0.15) is 6.23 Å². The first-order valence-electron chi connectivity index (χ1n) is 7.93. The van der Waals surface area contributed by atoms with Gasteiger partial charge in [0.2, 0.25) is 0 Å². The van der Waals surface area contributed by atoms with Gasteiger partial charge in [-0.2, -0.15) is 0 Å². The molecule has 0 saturated carbocycles. The Morgan fingerprint density at radius 3 is 2.73 bits per heavy atom. The molecule has 22 heavy (non-hydrogen) atoms. The smallest absolute Gasteiger partial charge is 0.137 e. The molecule has 1 N–H and O–H groups in total. The van der Waals surface area contributed by atoms with Crippen molar-refractivity contribution >= 4 is 10.9 Å². The number of aromatic nitrogens is 1. The zero-order valence-corrected chi connectivity index (χ0v) is 12.3. The van der Waals surface area contributed by atoms with Crippen molar-refractivity contribution in [2.75, 3.05) is 13.2 Å². The first-order valence-corrected chi connectivity index (χ1v) is 7.93. The van der Waals surface area contributed by atoms with E-state index in [-0.39, 0.29) is 6.23 Å². The van der Waals surface area contributed by atoms with Crippen molar-refractivity contribution in [3.05, 3.63) is 71.4 Å². The van der Waals surface area contributed by atoms with E-state index in [1.54, 1.807) is 0 Å². The third kappa shape index (κ3) is 1.70. The van der Waals surface area contributed by atoms with Crippen LogP contribution < -0.4 is 0 Å². The molecule has 110 valence electrons. The first-order chi connectivity index (χ1) is 10.9. The average molecular weight is 290 g/mol. The number of hydrogen-bond acceptors (Lipinski definition) is 2. The van der Waals surface area contributed by atoms with Gasteiger partial charge in [-0.3, -0.25) is 4.90 Å². The molecule has 0 bridgehead atoms. The van der Waals surface area contributed by atoms with Crippen molar-refractivity contribution in [3.63, 3.8) is 0 Å². The third-order valence-corrected chi connectivity index (χ3v) is 5.00. The van der Waals surface area contributed by atoms with Gasteiger partial charge in [0, 0.05) is 23.1 Å². The summed E-state index contributed by atoms with van der Waals surface area (Å²) in [7, 11) is 0. The molecule has 3 heterocycles. The molecule has 0 amide bonds. The quantitative estimate of drug-likeness (QED) is 0.738. The number of nitrogens with one attached hydrogen (secondary N) is 1. The predicted molar refractivity (Wildman–Crippen MR) is 86.6 cm³/mol. The summed E-state index contributed by atoms with van der Waals surface area (Å²) in [5, 5.41) is 1.38. The molecule has 1 saturated heterocycles. The van der Waals surface area contributed by atoms with E-state index in [1.807, 2.05) is 0 Å². The van der Waals surface area contributed by atoms with Crippen molar-refractivity contribution in [2.45, 2.75) is 18.7 Å². The van der Waals surface area contributed by atoms with Crippen LogP contribution in [0, 0.1) is 0 Å². The topological polar surface area (TPSA) is 28.3 Å². The van der Waals surface area contributed by atoms with Crippen LogP contribution in [0.4, 0.5) is 0 Å². The highest BCUT2D eigenvalue weighted by molar-refractivity contribution is 5.85. The number of hydrogen-bond donors (Lipinski definition) is 1. The Hall–Kier alpha value is -2.10. The van der Waals surface area contributed by atoms with E-state index in [4.69, 9.17) is 4.74 Å². The maximum Gasteiger partial charge on any atom is 0.137 e. The lowest BCUT2D eigenvalue weighted by atomic mass is 9.98. The van der Waals surface area contributed by atoms with Crippen LogP contribution in [0.2, 0.25) is 0 Å². The van der Waals surface area contributed by atoms with E-state index in [9.17, 15) is 0 Å². The highest BCUT2D eigenvalue weighted by atomic mass is 16.5. The van der Waals surface area contributed by atoms with Gasteiger partial charge >= 0.3 is 0 Å². The second kappa shape index (κ2) is 4.70. The molecule has 2 atom stereocenters. The summed E-state index contributed by atoms with van der Waals surface area (Å²) in [6.45, 7) is 1.82. The highest BCUT2D eigenvalue weighted by Crippen LogP contribution is 2.43. The molecule has 3 aromatic rings. The molecule has 2 aliphatic rings. The summed E-state index contributed by atoms with van der Waals surface area (Å²) in [6, 6.07) is 19.5. The van der Waals surface area contributed by atoms with Gasteiger partial charge in [0.25, 0.3) is 0 Å². The largest absolute Gasteiger partial charge is 0.357 e. The van der Waals surface area contributed by atoms with Crippen LogP contribution in [0.25, 0.3) is 10.9 Å². The van der Waals surface area contributed by atoms with Crippen LogP contribution in [-0.2, 0) is 11.2 Å². The molecule has 0 radical (unpaired) electrons. The molecule has 5 rings (SSSR count). The van der Waals surface area contributed by atoms with E-state index in [2.05, 4.69) is 64.5 Å². The Kier molecular flexibility index (Phi) is 2.66. The summed E-state index contributed by atoms with van der Waals surface area (Å²) >= 11 is 0. The number of H-pyrrole nitrogens is 1. The highest BCUT2D eigenvalue weighted by Gasteiger charge is 2.40. The number of nitrogens with zero attached hydrogens (tertiary/aromatic N) is 1. The average Bonchev–Trinajstić information content (AvgIpc) is 3.16. The molecule has 3 heteroatoms. The molecule has 2 aromatic carbocycles. The maximum absolute atomic E-state index is 6.14. The van der Waals surface area contributed by atoms with Gasteiger partial charge in [-0.25, -0.2) is 0 Å². The fourth-order valence-electron chi connectivity index (χ4n) is 3.98. The molecule has 2 unspecified atom stereocenters. The van der Waals surface area contributed by atoms with Crippen LogP contribution in [0.5, 0.6) is 0 Å². The molecule has 1 fully saturated rings. The van der Waals surface area contributed by atoms with E-state index >= 15 is 0 Å². The summed E-state index contributed by atoms with van der Waals surface area (Å²) in [5.41, 5.74) is 5.34. The molecule has 0 spiro atoms. The maximum atomic E-state index is 6.14. The number of benzene rings is 2. The first kappa shape index (κ1) is 12.4. The molecule has 3 nitrogen and oxygen atoms in total. The minimum absolute atomic E-state index is 0.0887. The van der Waals surface area contributed by atoms with Crippen LogP contribution in [0.15, 0.2) is 54.6 Å². The Morgan fingerprint density at radius 1 is 1.00 bits per heavy atom. The fraction of sp³-hybridized carbons (Fsp3) is 0.263. The summed E-state index contributed by atoms with van der Waals surface area (Å²) in [4.78, 5) is 6.13. The number of aromatic amines is 1. The number of ether oxygens (including phenoxy) is 1. The van der Waals surface area contributed by atoms with Gasteiger partial charge in [0.05, 0.1) is 12.6 Å². The Morgan fingerprint density at radius 2 is 1.82 bits per heavy atom. The number of para-hydroxylation sites is 1. The van der Waals surface area contributed by atoms with E-state index < -0.39 is 0 Å². The van der Waals surface area contributed by atoms with E-state index in [1.165, 1.54) is 27.7 Å². The van der Waals surface area contributed by atoms with Crippen LogP contribution in [0.3, 0.4) is 0 Å². The van der Waals surface area contributed by atoms with Gasteiger partial charge < -0.3 is 9.72 Å². The lowest BCUT2D eigenvalue weighted by Gasteiger charge is -2.32. The van der Waals surface area contributed by atoms with Gasteiger partial charge in [-0.1, -0.05) is 48.5 Å². The zero-order chi connectivity index (χ0) is 14.5. The zero-order valence-electron chi connectivity index (χ0n) is 12.3. The van der Waals surface area contributed by atoms with E-state index in [0.717, 1.165) is 19.6 Å². The molecular weight excluding hydrogens is 272 g/mol. The van der Waals surface area contributed by atoms with Gasteiger partial charge in [-0.15, -0.1) is 0 Å². The second-order valence-corrected chi connectivity index (χ2v) is 6.16. The van der Waals surface area contributed by atoms with Crippen LogP contribution in [-0.4, -0.2) is 23.0 Å². The van der Waals surface area contributed by atoms with Crippen LogP contribution >= 0.6 is 0 Å². The van der Waals surface area contributed by atoms with Gasteiger partial charge in [-0.05, 0) is 23.6 Å². The Bertz CT molecular complexity index is 824. The standard InChI is InChI=1S/C19H18N2O/c1-2-6-13(7-3-1)19-21-11-10-15-14-8-4-5-9-16(14)20-18(15)17(21)12-22-19/h1-9,17,19-20H,10-12H2. The molecular formula is C19H18N2O. The SMILES string of the molecule is c1ccc(C2OCC3c4[nH]c5ccccc5c4CCN32)cc1. The Balaban J connectivity index is 1.57. The summed E-state index contributed by atoms with van der Waals surface area (Å²) in [5.74, 6) is 0. The van der Waals surface area contributed by atoms with Crippen molar-refractivity contribution in [1.29, 1.82) is 0 Å². The van der Waals surface area contributed by atoms with Crippen LogP contribution in [0.1, 0.15) is 29.1 Å². The molecule has 0 aliphatic carbocycles. The van der Waals surface area contributed by atoms with E-state index in [0.29, 0.717) is 6.04 Å². The number of fused-ring (bicyclic) bond motifs is 5. The lowest BCUT2D eigenvalue weighted by Crippen LogP contribution is -2.33. The third-order valence-electron chi connectivity index (χ3n) is 5.00. The molecule has 1 aromatic heterocycles.